The van der Waals surface area contributed by atoms with Crippen LogP contribution in [-0.4, -0.2) is 51.3 Å². The molecule has 1 aromatic carbocycles. The summed E-state index contributed by atoms with van der Waals surface area (Å²) < 4.78 is 22.4. The number of thioether (sulfide) groups is 1. The van der Waals surface area contributed by atoms with Crippen molar-refractivity contribution >= 4 is 51.5 Å². The van der Waals surface area contributed by atoms with E-state index in [2.05, 4.69) is 27.8 Å². The fraction of sp³-hybridized carbons (Fsp3) is 0.562. The van der Waals surface area contributed by atoms with E-state index in [4.69, 9.17) is 0 Å². The van der Waals surface area contributed by atoms with Gasteiger partial charge in [-0.2, -0.15) is 0 Å². The lowest BCUT2D eigenvalue weighted by Gasteiger charge is -2.17. The minimum atomic E-state index is -2.92. The third-order valence-corrected chi connectivity index (χ3v) is 4.99. The molecule has 0 aliphatic heterocycles. The smallest absolute Gasteiger partial charge is 0.191 e. The highest BCUT2D eigenvalue weighted by atomic mass is 127. The number of benzene rings is 1. The molecular formula is C16H28IN3O2S2. The molecule has 0 spiro atoms. The highest BCUT2D eigenvalue weighted by molar-refractivity contribution is 14.0. The molecule has 0 fully saturated rings. The summed E-state index contributed by atoms with van der Waals surface area (Å²) in [5.74, 6) is 1.82. The predicted octanol–water partition coefficient (Wildman–Crippen LogP) is 2.78. The normalized spacial score (nSPS) is 13.0. The molecule has 0 aromatic heterocycles. The van der Waals surface area contributed by atoms with Gasteiger partial charge in [0.1, 0.15) is 9.84 Å². The second kappa shape index (κ2) is 12.8. The summed E-state index contributed by atoms with van der Waals surface area (Å²) in [6, 6.07) is 10.3. The van der Waals surface area contributed by atoms with E-state index in [0.717, 1.165) is 18.3 Å². The first-order chi connectivity index (χ1) is 10.9. The summed E-state index contributed by atoms with van der Waals surface area (Å²) in [7, 11) is -2.92. The van der Waals surface area contributed by atoms with Gasteiger partial charge in [0, 0.05) is 29.5 Å². The molecule has 1 unspecified atom stereocenters. The Kier molecular flexibility index (Phi) is 12.6. The van der Waals surface area contributed by atoms with Crippen molar-refractivity contribution in [3.05, 3.63) is 30.3 Å². The van der Waals surface area contributed by atoms with Gasteiger partial charge in [0.15, 0.2) is 5.96 Å². The quantitative estimate of drug-likeness (QED) is 0.185. The van der Waals surface area contributed by atoms with Gasteiger partial charge in [0.05, 0.1) is 12.3 Å². The van der Waals surface area contributed by atoms with Crippen LogP contribution in [0.15, 0.2) is 40.2 Å². The van der Waals surface area contributed by atoms with Crippen molar-refractivity contribution in [2.24, 2.45) is 4.99 Å². The average molecular weight is 485 g/mol. The van der Waals surface area contributed by atoms with Gasteiger partial charge in [-0.1, -0.05) is 18.2 Å². The lowest BCUT2D eigenvalue weighted by Crippen LogP contribution is -2.43. The maximum absolute atomic E-state index is 11.2. The fourth-order valence-electron chi connectivity index (χ4n) is 1.85. The SMILES string of the molecule is CCNC(=NCCSc1ccccc1)NC(C)CCS(C)(=O)=O.I. The zero-order valence-corrected chi connectivity index (χ0v) is 18.5. The number of halogens is 1. The molecular weight excluding hydrogens is 457 g/mol. The van der Waals surface area contributed by atoms with Crippen molar-refractivity contribution in [2.75, 3.05) is 30.9 Å². The Labute approximate surface area is 167 Å². The number of rotatable bonds is 9. The maximum Gasteiger partial charge on any atom is 0.191 e. The Morgan fingerprint density at radius 3 is 2.54 bits per heavy atom. The average Bonchev–Trinajstić information content (AvgIpc) is 2.50. The van der Waals surface area contributed by atoms with E-state index in [1.807, 2.05) is 32.0 Å². The van der Waals surface area contributed by atoms with Crippen LogP contribution in [0.2, 0.25) is 0 Å². The number of nitrogens with one attached hydrogen (secondary N) is 2. The maximum atomic E-state index is 11.2. The van der Waals surface area contributed by atoms with E-state index in [1.54, 1.807) is 11.8 Å². The van der Waals surface area contributed by atoms with Crippen molar-refractivity contribution in [3.63, 3.8) is 0 Å². The van der Waals surface area contributed by atoms with E-state index < -0.39 is 9.84 Å². The highest BCUT2D eigenvalue weighted by Gasteiger charge is 2.09. The Hall–Kier alpha value is -0.480. The zero-order chi connectivity index (χ0) is 17.1. The lowest BCUT2D eigenvalue weighted by molar-refractivity contribution is 0.581. The zero-order valence-electron chi connectivity index (χ0n) is 14.5. The fourth-order valence-corrected chi connectivity index (χ4v) is 3.40. The van der Waals surface area contributed by atoms with Crippen LogP contribution in [0.4, 0.5) is 0 Å². The van der Waals surface area contributed by atoms with Crippen LogP contribution in [0.5, 0.6) is 0 Å². The molecule has 1 atom stereocenters. The van der Waals surface area contributed by atoms with Crippen LogP contribution in [0.1, 0.15) is 20.3 Å². The highest BCUT2D eigenvalue weighted by Crippen LogP contribution is 2.16. The Morgan fingerprint density at radius 1 is 1.29 bits per heavy atom. The molecule has 0 saturated heterocycles. The van der Waals surface area contributed by atoms with E-state index in [1.165, 1.54) is 11.2 Å². The largest absolute Gasteiger partial charge is 0.357 e. The van der Waals surface area contributed by atoms with Crippen LogP contribution in [-0.2, 0) is 9.84 Å². The number of hydrogen-bond acceptors (Lipinski definition) is 4. The third-order valence-electron chi connectivity index (χ3n) is 3.02. The van der Waals surface area contributed by atoms with Crippen LogP contribution in [0.3, 0.4) is 0 Å². The topological polar surface area (TPSA) is 70.6 Å². The molecule has 0 radical (unpaired) electrons. The van der Waals surface area contributed by atoms with Crippen LogP contribution < -0.4 is 10.6 Å². The number of sulfone groups is 1. The molecule has 0 amide bonds. The summed E-state index contributed by atoms with van der Waals surface area (Å²) in [6.45, 7) is 5.46. The van der Waals surface area contributed by atoms with E-state index >= 15 is 0 Å². The van der Waals surface area contributed by atoms with Gasteiger partial charge >= 0.3 is 0 Å². The molecule has 2 N–H and O–H groups in total. The van der Waals surface area contributed by atoms with Gasteiger partial charge < -0.3 is 10.6 Å². The third kappa shape index (κ3) is 12.0. The molecule has 0 bridgehead atoms. The van der Waals surface area contributed by atoms with Crippen molar-refractivity contribution in [1.29, 1.82) is 0 Å². The van der Waals surface area contributed by atoms with E-state index in [-0.39, 0.29) is 35.8 Å². The summed E-state index contributed by atoms with van der Waals surface area (Å²) in [5.41, 5.74) is 0. The monoisotopic (exact) mass is 485 g/mol. The molecule has 0 heterocycles. The molecule has 8 heteroatoms. The summed E-state index contributed by atoms with van der Waals surface area (Å²) in [5, 5.41) is 6.44. The number of hydrogen-bond donors (Lipinski definition) is 2. The molecule has 1 aromatic rings. The minimum Gasteiger partial charge on any atom is -0.357 e. The van der Waals surface area contributed by atoms with Crippen molar-refractivity contribution in [2.45, 2.75) is 31.2 Å². The summed E-state index contributed by atoms with van der Waals surface area (Å²) >= 11 is 1.77. The van der Waals surface area contributed by atoms with Crippen molar-refractivity contribution < 1.29 is 8.42 Å². The second-order valence-electron chi connectivity index (χ2n) is 5.39. The Morgan fingerprint density at radius 2 is 1.96 bits per heavy atom. The molecule has 0 saturated carbocycles. The molecule has 24 heavy (non-hydrogen) atoms. The molecule has 5 nitrogen and oxygen atoms in total. The Balaban J connectivity index is 0.00000529. The van der Waals surface area contributed by atoms with Gasteiger partial charge in [-0.3, -0.25) is 4.99 Å². The predicted molar refractivity (Wildman–Crippen MR) is 115 cm³/mol. The standard InChI is InChI=1S/C16H27N3O2S2.HI/c1-4-17-16(19-14(2)10-13-23(3,20)21)18-11-12-22-15-8-6-5-7-9-15;/h5-9,14H,4,10-13H2,1-3H3,(H2,17,18,19);1H. The van der Waals surface area contributed by atoms with Gasteiger partial charge in [0.2, 0.25) is 0 Å². The van der Waals surface area contributed by atoms with Crippen LogP contribution in [0.25, 0.3) is 0 Å². The van der Waals surface area contributed by atoms with E-state index in [9.17, 15) is 8.42 Å². The molecule has 0 aliphatic rings. The number of nitrogens with zero attached hydrogens (tertiary/aromatic N) is 1. The lowest BCUT2D eigenvalue weighted by atomic mass is 10.3. The minimum absolute atomic E-state index is 0. The molecule has 1 rings (SSSR count). The van der Waals surface area contributed by atoms with Crippen molar-refractivity contribution in [1.82, 2.24) is 10.6 Å². The summed E-state index contributed by atoms with van der Waals surface area (Å²) in [4.78, 5) is 5.78. The first-order valence-electron chi connectivity index (χ1n) is 7.81. The van der Waals surface area contributed by atoms with E-state index in [0.29, 0.717) is 13.0 Å². The first-order valence-corrected chi connectivity index (χ1v) is 10.9. The van der Waals surface area contributed by atoms with Gasteiger partial charge in [-0.05, 0) is 32.4 Å². The number of aliphatic imine (C=N–C) groups is 1. The molecule has 0 aliphatic carbocycles. The second-order valence-corrected chi connectivity index (χ2v) is 8.81. The number of guanidine groups is 1. The van der Waals surface area contributed by atoms with Gasteiger partial charge in [-0.15, -0.1) is 35.7 Å². The summed E-state index contributed by atoms with van der Waals surface area (Å²) in [6.07, 6.45) is 1.84. The van der Waals surface area contributed by atoms with Crippen LogP contribution in [0, 0.1) is 0 Å². The molecule has 138 valence electrons. The van der Waals surface area contributed by atoms with Gasteiger partial charge in [0.25, 0.3) is 0 Å². The first kappa shape index (κ1) is 23.5. The van der Waals surface area contributed by atoms with Gasteiger partial charge in [-0.25, -0.2) is 8.42 Å². The van der Waals surface area contributed by atoms with Crippen LogP contribution >= 0.6 is 35.7 Å². The Bertz CT molecular complexity index is 580. The van der Waals surface area contributed by atoms with Crippen molar-refractivity contribution in [3.8, 4) is 0 Å².